The molecule has 2 N–H and O–H groups in total. The number of fused-ring (bicyclic) bond motifs is 3. The van der Waals surface area contributed by atoms with Crippen LogP contribution in [0.2, 0.25) is 0 Å². The topological polar surface area (TPSA) is 60.9 Å². The van der Waals surface area contributed by atoms with Crippen LogP contribution in [0.3, 0.4) is 0 Å². The maximum Gasteiger partial charge on any atom is 0.248 e. The van der Waals surface area contributed by atoms with Crippen LogP contribution in [0.15, 0.2) is 84.9 Å². The fourth-order valence-corrected chi connectivity index (χ4v) is 3.84. The predicted octanol–water partition coefficient (Wildman–Crippen LogP) is 5.25. The van der Waals surface area contributed by atoms with E-state index >= 15 is 0 Å². The first-order valence-corrected chi connectivity index (χ1v) is 9.49. The summed E-state index contributed by atoms with van der Waals surface area (Å²) in [7, 11) is 0. The average molecular weight is 377 g/mol. The van der Waals surface area contributed by atoms with E-state index in [9.17, 15) is 4.79 Å². The standard InChI is InChI=1S/C25H19N3O/c1-16-14-24(28(27-16)21-11-8-18(9-12-21)25(26)29)20-10-13-23-19(15-20)7-6-17-4-2-3-5-22(17)23/h2-15H,1H3,(H2,26,29). The summed E-state index contributed by atoms with van der Waals surface area (Å²) in [6.07, 6.45) is 0. The van der Waals surface area contributed by atoms with E-state index < -0.39 is 5.91 Å². The van der Waals surface area contributed by atoms with Gasteiger partial charge in [0.05, 0.1) is 17.1 Å². The number of hydrogen-bond donors (Lipinski definition) is 1. The van der Waals surface area contributed by atoms with Crippen molar-refractivity contribution in [1.29, 1.82) is 0 Å². The molecule has 0 atom stereocenters. The van der Waals surface area contributed by atoms with Crippen molar-refractivity contribution in [2.75, 3.05) is 0 Å². The molecule has 0 saturated carbocycles. The molecule has 140 valence electrons. The molecule has 0 fully saturated rings. The number of nitrogens with two attached hydrogens (primary N) is 1. The lowest BCUT2D eigenvalue weighted by atomic mass is 9.99. The van der Waals surface area contributed by atoms with Crippen LogP contribution in [0.5, 0.6) is 0 Å². The lowest BCUT2D eigenvalue weighted by molar-refractivity contribution is 0.100. The Hall–Kier alpha value is -3.92. The smallest absolute Gasteiger partial charge is 0.248 e. The largest absolute Gasteiger partial charge is 0.366 e. The minimum absolute atomic E-state index is 0.435. The maximum atomic E-state index is 11.4. The Morgan fingerprint density at radius 3 is 2.34 bits per heavy atom. The Labute approximate surface area is 168 Å². The molecule has 1 amide bonds. The summed E-state index contributed by atoms with van der Waals surface area (Å²) in [5.74, 6) is -0.435. The second-order valence-electron chi connectivity index (χ2n) is 7.22. The Bertz CT molecular complexity index is 1380. The molecule has 1 heterocycles. The molecule has 0 saturated heterocycles. The molecule has 4 heteroatoms. The average Bonchev–Trinajstić information content (AvgIpc) is 3.15. The summed E-state index contributed by atoms with van der Waals surface area (Å²) >= 11 is 0. The van der Waals surface area contributed by atoms with E-state index in [-0.39, 0.29) is 0 Å². The molecule has 4 nitrogen and oxygen atoms in total. The summed E-state index contributed by atoms with van der Waals surface area (Å²) < 4.78 is 1.91. The van der Waals surface area contributed by atoms with Crippen molar-refractivity contribution >= 4 is 27.5 Å². The van der Waals surface area contributed by atoms with Gasteiger partial charge in [-0.15, -0.1) is 0 Å². The van der Waals surface area contributed by atoms with Crippen molar-refractivity contribution in [1.82, 2.24) is 9.78 Å². The number of primary amides is 1. The Morgan fingerprint density at radius 2 is 1.55 bits per heavy atom. The van der Waals surface area contributed by atoms with Crippen molar-refractivity contribution in [2.24, 2.45) is 5.73 Å². The number of hydrogen-bond acceptors (Lipinski definition) is 2. The molecule has 0 aliphatic heterocycles. The first-order chi connectivity index (χ1) is 14.1. The minimum Gasteiger partial charge on any atom is -0.366 e. The first kappa shape index (κ1) is 17.2. The molecule has 5 rings (SSSR count). The van der Waals surface area contributed by atoms with Crippen molar-refractivity contribution < 1.29 is 4.79 Å². The molecule has 0 unspecified atom stereocenters. The van der Waals surface area contributed by atoms with Gasteiger partial charge in [-0.25, -0.2) is 4.68 Å². The molecular weight excluding hydrogens is 358 g/mol. The van der Waals surface area contributed by atoms with Gasteiger partial charge in [-0.2, -0.15) is 5.10 Å². The van der Waals surface area contributed by atoms with Gasteiger partial charge in [0.2, 0.25) is 5.91 Å². The third-order valence-electron chi connectivity index (χ3n) is 5.27. The van der Waals surface area contributed by atoms with Crippen LogP contribution in [-0.4, -0.2) is 15.7 Å². The van der Waals surface area contributed by atoms with E-state index in [4.69, 9.17) is 5.73 Å². The number of amides is 1. The van der Waals surface area contributed by atoms with Crippen LogP contribution in [0.25, 0.3) is 38.5 Å². The molecule has 1 aromatic heterocycles. The highest BCUT2D eigenvalue weighted by Crippen LogP contribution is 2.31. The van der Waals surface area contributed by atoms with Gasteiger partial charge in [0.15, 0.2) is 0 Å². The van der Waals surface area contributed by atoms with Crippen molar-refractivity contribution in [3.8, 4) is 16.9 Å². The molecule has 4 aromatic carbocycles. The third-order valence-corrected chi connectivity index (χ3v) is 5.27. The molecular formula is C25H19N3O. The number of benzene rings is 4. The normalized spacial score (nSPS) is 11.2. The van der Waals surface area contributed by atoms with Crippen LogP contribution in [-0.2, 0) is 0 Å². The van der Waals surface area contributed by atoms with Crippen molar-refractivity contribution in [3.63, 3.8) is 0 Å². The van der Waals surface area contributed by atoms with Crippen molar-refractivity contribution in [3.05, 3.63) is 96.2 Å². The molecule has 0 aliphatic carbocycles. The van der Waals surface area contributed by atoms with E-state index in [1.54, 1.807) is 12.1 Å². The second-order valence-corrected chi connectivity index (χ2v) is 7.22. The van der Waals surface area contributed by atoms with Gasteiger partial charge < -0.3 is 5.73 Å². The number of carbonyl (C=O) groups excluding carboxylic acids is 1. The maximum absolute atomic E-state index is 11.4. The zero-order valence-corrected chi connectivity index (χ0v) is 16.0. The molecule has 0 aliphatic rings. The zero-order valence-electron chi connectivity index (χ0n) is 16.0. The first-order valence-electron chi connectivity index (χ1n) is 9.49. The number of aromatic nitrogens is 2. The minimum atomic E-state index is -0.435. The molecule has 29 heavy (non-hydrogen) atoms. The SMILES string of the molecule is Cc1cc(-c2ccc3c(ccc4ccccc43)c2)n(-c2ccc(C(N)=O)cc2)n1. The van der Waals surface area contributed by atoms with Gasteiger partial charge in [0.25, 0.3) is 0 Å². The highest BCUT2D eigenvalue weighted by atomic mass is 16.1. The van der Waals surface area contributed by atoms with E-state index in [2.05, 4.69) is 65.8 Å². The molecule has 5 aromatic rings. The zero-order chi connectivity index (χ0) is 20.0. The number of nitrogens with zero attached hydrogens (tertiary/aromatic N) is 2. The number of aryl methyl sites for hydroxylation is 1. The van der Waals surface area contributed by atoms with Crippen LogP contribution < -0.4 is 5.73 Å². The Morgan fingerprint density at radius 1 is 0.828 bits per heavy atom. The fourth-order valence-electron chi connectivity index (χ4n) is 3.84. The summed E-state index contributed by atoms with van der Waals surface area (Å²) in [5.41, 5.74) is 9.75. The van der Waals surface area contributed by atoms with Gasteiger partial charge in [0.1, 0.15) is 0 Å². The van der Waals surface area contributed by atoms with Crippen LogP contribution in [0.4, 0.5) is 0 Å². The van der Waals surface area contributed by atoms with Crippen LogP contribution >= 0.6 is 0 Å². The van der Waals surface area contributed by atoms with Gasteiger partial charge in [0, 0.05) is 11.1 Å². The Balaban J connectivity index is 1.65. The highest BCUT2D eigenvalue weighted by Gasteiger charge is 2.12. The van der Waals surface area contributed by atoms with Crippen LogP contribution in [0, 0.1) is 6.92 Å². The Kier molecular flexibility index (Phi) is 3.91. The lowest BCUT2D eigenvalue weighted by Gasteiger charge is -2.10. The van der Waals surface area contributed by atoms with E-state index in [0.29, 0.717) is 5.56 Å². The summed E-state index contributed by atoms with van der Waals surface area (Å²) in [4.78, 5) is 11.4. The van der Waals surface area contributed by atoms with Gasteiger partial charge in [-0.1, -0.05) is 48.5 Å². The van der Waals surface area contributed by atoms with Gasteiger partial charge in [-0.3, -0.25) is 4.79 Å². The predicted molar refractivity (Wildman–Crippen MR) is 117 cm³/mol. The highest BCUT2D eigenvalue weighted by molar-refractivity contribution is 6.08. The molecule has 0 bridgehead atoms. The van der Waals surface area contributed by atoms with Gasteiger partial charge >= 0.3 is 0 Å². The summed E-state index contributed by atoms with van der Waals surface area (Å²) in [6.45, 7) is 1.98. The quantitative estimate of drug-likeness (QED) is 0.436. The van der Waals surface area contributed by atoms with E-state index in [1.165, 1.54) is 21.5 Å². The molecule has 0 spiro atoms. The fraction of sp³-hybridized carbons (Fsp3) is 0.0400. The van der Waals surface area contributed by atoms with E-state index in [1.807, 2.05) is 23.7 Å². The molecule has 0 radical (unpaired) electrons. The second kappa shape index (κ2) is 6.60. The van der Waals surface area contributed by atoms with E-state index in [0.717, 1.165) is 22.6 Å². The van der Waals surface area contributed by atoms with Crippen LogP contribution in [0.1, 0.15) is 16.1 Å². The van der Waals surface area contributed by atoms with Crippen molar-refractivity contribution in [2.45, 2.75) is 6.92 Å². The lowest BCUT2D eigenvalue weighted by Crippen LogP contribution is -2.10. The summed E-state index contributed by atoms with van der Waals surface area (Å²) in [5, 5.41) is 9.58. The number of carbonyl (C=O) groups is 1. The summed E-state index contributed by atoms with van der Waals surface area (Å²) in [6, 6.07) is 28.5. The van der Waals surface area contributed by atoms with Gasteiger partial charge in [-0.05, 0) is 64.9 Å². The number of rotatable bonds is 3. The third kappa shape index (κ3) is 2.95. The monoisotopic (exact) mass is 377 g/mol.